The van der Waals surface area contributed by atoms with Crippen molar-refractivity contribution in [2.45, 2.75) is 38.1 Å². The van der Waals surface area contributed by atoms with Gasteiger partial charge in [0, 0.05) is 11.6 Å². The van der Waals surface area contributed by atoms with Crippen LogP contribution in [0.2, 0.25) is 0 Å². The van der Waals surface area contributed by atoms with Gasteiger partial charge >= 0.3 is 0 Å². The summed E-state index contributed by atoms with van der Waals surface area (Å²) in [5.74, 6) is 0.828. The van der Waals surface area contributed by atoms with Crippen molar-refractivity contribution in [3.63, 3.8) is 0 Å². The molecule has 1 aliphatic carbocycles. The van der Waals surface area contributed by atoms with Gasteiger partial charge in [0.15, 0.2) is 0 Å². The number of nitrogens with one attached hydrogen (secondary N) is 1. The third-order valence-electron chi connectivity index (χ3n) is 3.33. The molecule has 0 bridgehead atoms. The van der Waals surface area contributed by atoms with Crippen LogP contribution in [0, 0.1) is 0 Å². The van der Waals surface area contributed by atoms with E-state index in [1.807, 2.05) is 0 Å². The van der Waals surface area contributed by atoms with E-state index < -0.39 is 0 Å². The van der Waals surface area contributed by atoms with Crippen molar-refractivity contribution < 1.29 is 4.79 Å². The summed E-state index contributed by atoms with van der Waals surface area (Å²) in [5.41, 5.74) is 3.45. The second kappa shape index (κ2) is 3.09. The van der Waals surface area contributed by atoms with Crippen LogP contribution in [0.1, 0.15) is 47.2 Å². The Morgan fingerprint density at radius 2 is 2.13 bits per heavy atom. The lowest BCUT2D eigenvalue weighted by Gasteiger charge is -2.23. The van der Waals surface area contributed by atoms with Gasteiger partial charge in [-0.15, -0.1) is 0 Å². The zero-order chi connectivity index (χ0) is 10.4. The number of amides is 1. The summed E-state index contributed by atoms with van der Waals surface area (Å²) >= 11 is 0. The minimum atomic E-state index is 0.103. The van der Waals surface area contributed by atoms with Crippen LogP contribution in [-0.2, 0) is 6.42 Å². The lowest BCUT2D eigenvalue weighted by Crippen LogP contribution is -2.39. The SMILES string of the molecule is CC1Cc2ccc(C3CC3)cc2C(=O)N1. The lowest BCUT2D eigenvalue weighted by atomic mass is 9.93. The highest BCUT2D eigenvalue weighted by molar-refractivity contribution is 5.97. The summed E-state index contributed by atoms with van der Waals surface area (Å²) in [4.78, 5) is 11.8. The molecular weight excluding hydrogens is 186 g/mol. The normalized spacial score (nSPS) is 24.6. The Balaban J connectivity index is 2.02. The second-order valence-electron chi connectivity index (χ2n) is 4.77. The molecule has 1 aromatic rings. The van der Waals surface area contributed by atoms with E-state index in [0.29, 0.717) is 0 Å². The largest absolute Gasteiger partial charge is 0.349 e. The van der Waals surface area contributed by atoms with E-state index in [4.69, 9.17) is 0 Å². The maximum Gasteiger partial charge on any atom is 0.251 e. The zero-order valence-corrected chi connectivity index (χ0v) is 8.92. The highest BCUT2D eigenvalue weighted by atomic mass is 16.1. The number of fused-ring (bicyclic) bond motifs is 1. The number of carbonyl (C=O) groups excluding carboxylic acids is 1. The second-order valence-corrected chi connectivity index (χ2v) is 4.77. The predicted octanol–water partition coefficient (Wildman–Crippen LogP) is 2.24. The molecule has 0 saturated heterocycles. The molecule has 78 valence electrons. The van der Waals surface area contributed by atoms with Gasteiger partial charge in [0.2, 0.25) is 0 Å². The predicted molar refractivity (Wildman–Crippen MR) is 59.0 cm³/mol. The Morgan fingerprint density at radius 3 is 2.87 bits per heavy atom. The van der Waals surface area contributed by atoms with Crippen molar-refractivity contribution in [1.82, 2.24) is 5.32 Å². The minimum absolute atomic E-state index is 0.103. The van der Waals surface area contributed by atoms with E-state index in [9.17, 15) is 4.79 Å². The average molecular weight is 201 g/mol. The number of hydrogen-bond donors (Lipinski definition) is 1. The van der Waals surface area contributed by atoms with Crippen molar-refractivity contribution >= 4 is 5.91 Å². The van der Waals surface area contributed by atoms with Crippen LogP contribution in [0.3, 0.4) is 0 Å². The average Bonchev–Trinajstić information content (AvgIpc) is 3.00. The fourth-order valence-electron chi connectivity index (χ4n) is 2.34. The van der Waals surface area contributed by atoms with Crippen molar-refractivity contribution in [2.75, 3.05) is 0 Å². The molecule has 1 aromatic carbocycles. The molecule has 1 N–H and O–H groups in total. The zero-order valence-electron chi connectivity index (χ0n) is 8.92. The Kier molecular flexibility index (Phi) is 1.84. The molecule has 3 rings (SSSR count). The molecular formula is C13H15NO. The Hall–Kier alpha value is -1.31. The molecule has 1 aliphatic heterocycles. The van der Waals surface area contributed by atoms with Crippen molar-refractivity contribution in [2.24, 2.45) is 0 Å². The number of carbonyl (C=O) groups is 1. The lowest BCUT2D eigenvalue weighted by molar-refractivity contribution is 0.0929. The van der Waals surface area contributed by atoms with Gasteiger partial charge in [-0.1, -0.05) is 12.1 Å². The summed E-state index contributed by atoms with van der Waals surface area (Å²) < 4.78 is 0. The molecule has 0 radical (unpaired) electrons. The molecule has 2 nitrogen and oxygen atoms in total. The van der Waals surface area contributed by atoms with Gasteiger partial charge in [-0.3, -0.25) is 4.79 Å². The minimum Gasteiger partial charge on any atom is -0.349 e. The third kappa shape index (κ3) is 1.54. The maximum atomic E-state index is 11.8. The summed E-state index contributed by atoms with van der Waals surface area (Å²) in [6, 6.07) is 6.70. The topological polar surface area (TPSA) is 29.1 Å². The highest BCUT2D eigenvalue weighted by Gasteiger charge is 2.27. The monoisotopic (exact) mass is 201 g/mol. The first kappa shape index (κ1) is 8.96. The first-order chi connectivity index (χ1) is 7.24. The van der Waals surface area contributed by atoms with E-state index in [0.717, 1.165) is 17.9 Å². The Bertz CT molecular complexity index is 421. The van der Waals surface area contributed by atoms with Crippen molar-refractivity contribution in [1.29, 1.82) is 0 Å². The smallest absolute Gasteiger partial charge is 0.251 e. The van der Waals surface area contributed by atoms with E-state index in [1.54, 1.807) is 0 Å². The molecule has 1 unspecified atom stereocenters. The molecule has 0 spiro atoms. The van der Waals surface area contributed by atoms with E-state index >= 15 is 0 Å². The molecule has 1 heterocycles. The van der Waals surface area contributed by atoms with Crippen LogP contribution < -0.4 is 5.32 Å². The summed E-state index contributed by atoms with van der Waals surface area (Å²) in [6.07, 6.45) is 3.54. The fraction of sp³-hybridized carbons (Fsp3) is 0.462. The molecule has 2 aliphatic rings. The van der Waals surface area contributed by atoms with E-state index in [2.05, 4.69) is 30.4 Å². The van der Waals surface area contributed by atoms with Crippen LogP contribution in [-0.4, -0.2) is 11.9 Å². The van der Waals surface area contributed by atoms with Crippen LogP contribution in [0.4, 0.5) is 0 Å². The molecule has 1 atom stereocenters. The van der Waals surface area contributed by atoms with Gasteiger partial charge in [-0.2, -0.15) is 0 Å². The van der Waals surface area contributed by atoms with E-state index in [1.165, 1.54) is 24.0 Å². The van der Waals surface area contributed by atoms with Gasteiger partial charge in [0.05, 0.1) is 0 Å². The molecule has 1 saturated carbocycles. The van der Waals surface area contributed by atoms with E-state index in [-0.39, 0.29) is 11.9 Å². The van der Waals surface area contributed by atoms with Crippen LogP contribution in [0.5, 0.6) is 0 Å². The standard InChI is InChI=1S/C13H15NO/c1-8-6-11-5-4-10(9-2-3-9)7-12(11)13(15)14-8/h4-5,7-9H,2-3,6H2,1H3,(H,14,15). The summed E-state index contributed by atoms with van der Waals surface area (Å²) in [5, 5.41) is 2.98. The Labute approximate surface area is 89.7 Å². The first-order valence-electron chi connectivity index (χ1n) is 5.68. The molecule has 15 heavy (non-hydrogen) atoms. The van der Waals surface area contributed by atoms with Gasteiger partial charge in [0.1, 0.15) is 0 Å². The number of benzene rings is 1. The highest BCUT2D eigenvalue weighted by Crippen LogP contribution is 2.40. The quantitative estimate of drug-likeness (QED) is 0.741. The first-order valence-corrected chi connectivity index (χ1v) is 5.68. The van der Waals surface area contributed by atoms with Gasteiger partial charge < -0.3 is 5.32 Å². The molecule has 0 aromatic heterocycles. The number of hydrogen-bond acceptors (Lipinski definition) is 1. The van der Waals surface area contributed by atoms with Crippen LogP contribution in [0.25, 0.3) is 0 Å². The Morgan fingerprint density at radius 1 is 1.33 bits per heavy atom. The molecule has 2 heteroatoms. The van der Waals surface area contributed by atoms with Crippen molar-refractivity contribution in [3.8, 4) is 0 Å². The molecule has 1 amide bonds. The summed E-state index contributed by atoms with van der Waals surface area (Å²) in [7, 11) is 0. The summed E-state index contributed by atoms with van der Waals surface area (Å²) in [6.45, 7) is 2.05. The van der Waals surface area contributed by atoms with Crippen LogP contribution in [0.15, 0.2) is 18.2 Å². The van der Waals surface area contributed by atoms with Gasteiger partial charge in [-0.05, 0) is 49.3 Å². The third-order valence-corrected chi connectivity index (χ3v) is 3.33. The van der Waals surface area contributed by atoms with Gasteiger partial charge in [0.25, 0.3) is 5.91 Å². The number of rotatable bonds is 1. The maximum absolute atomic E-state index is 11.8. The molecule has 1 fully saturated rings. The van der Waals surface area contributed by atoms with Crippen molar-refractivity contribution in [3.05, 3.63) is 34.9 Å². The van der Waals surface area contributed by atoms with Gasteiger partial charge in [-0.25, -0.2) is 0 Å². The van der Waals surface area contributed by atoms with Crippen LogP contribution >= 0.6 is 0 Å². The fourth-order valence-corrected chi connectivity index (χ4v) is 2.34.